The number of carbonyl (C=O) groups is 2. The molecule has 0 spiro atoms. The molecule has 0 amide bonds. The van der Waals surface area contributed by atoms with Gasteiger partial charge < -0.3 is 10.2 Å². The quantitative estimate of drug-likeness (QED) is 0.713. The Bertz CT molecular complexity index is 586. The number of hydrogen-bond acceptors (Lipinski definition) is 4. The highest BCUT2D eigenvalue weighted by Gasteiger charge is 2.65. The predicted molar refractivity (Wildman–Crippen MR) is 89.1 cm³/mol. The highest BCUT2D eigenvalue weighted by atomic mass is 16.3. The van der Waals surface area contributed by atoms with Gasteiger partial charge in [-0.15, -0.1) is 0 Å². The molecule has 0 aromatic heterocycles. The lowest BCUT2D eigenvalue weighted by molar-refractivity contribution is -0.189. The standard InChI is InChI=1S/C20H30O4/c1-10-12-5-4-11-13-6-7-15(21)19(13,2)9-8-14(11)20(12,3)18(24)17(23)16(10)22/h10-14,16-17,22-23H,4-9H2,1-3H3. The highest BCUT2D eigenvalue weighted by Crippen LogP contribution is 2.65. The molecule has 4 rings (SSSR count). The van der Waals surface area contributed by atoms with Crippen LogP contribution in [0, 0.1) is 40.4 Å². The van der Waals surface area contributed by atoms with Crippen LogP contribution in [0.3, 0.4) is 0 Å². The van der Waals surface area contributed by atoms with Gasteiger partial charge >= 0.3 is 0 Å². The molecule has 0 radical (unpaired) electrons. The number of aliphatic hydroxyl groups is 2. The zero-order valence-electron chi connectivity index (χ0n) is 15.0. The van der Waals surface area contributed by atoms with E-state index in [2.05, 4.69) is 6.92 Å². The molecule has 0 heterocycles. The molecule has 4 aliphatic carbocycles. The van der Waals surface area contributed by atoms with Crippen molar-refractivity contribution in [3.05, 3.63) is 0 Å². The lowest BCUT2D eigenvalue weighted by atomic mass is 9.43. The Morgan fingerprint density at radius 1 is 0.958 bits per heavy atom. The summed E-state index contributed by atoms with van der Waals surface area (Å²) in [6, 6.07) is 0. The molecule has 0 aromatic rings. The molecule has 0 saturated heterocycles. The SMILES string of the molecule is CC1C(O)C(O)C(=O)C2(C)C1CCC1C3CCC(=O)C3(C)CCC12. The smallest absolute Gasteiger partial charge is 0.170 e. The van der Waals surface area contributed by atoms with Crippen LogP contribution in [-0.4, -0.2) is 34.0 Å². The summed E-state index contributed by atoms with van der Waals surface area (Å²) in [4.78, 5) is 25.5. The predicted octanol–water partition coefficient (Wildman–Crippen LogP) is 2.35. The van der Waals surface area contributed by atoms with E-state index in [0.29, 0.717) is 24.0 Å². The summed E-state index contributed by atoms with van der Waals surface area (Å²) in [5.74, 6) is 1.41. The summed E-state index contributed by atoms with van der Waals surface area (Å²) in [5.41, 5.74) is -0.736. The van der Waals surface area contributed by atoms with Gasteiger partial charge in [0.05, 0.1) is 6.10 Å². The minimum Gasteiger partial charge on any atom is -0.390 e. The molecule has 4 heteroatoms. The topological polar surface area (TPSA) is 74.6 Å². The van der Waals surface area contributed by atoms with E-state index in [9.17, 15) is 19.8 Å². The molecule has 4 aliphatic rings. The number of Topliss-reactive ketones (excluding diaryl/α,β-unsaturated/α-hetero) is 2. The van der Waals surface area contributed by atoms with Crippen molar-refractivity contribution >= 4 is 11.6 Å². The average Bonchev–Trinajstić information content (AvgIpc) is 2.87. The Morgan fingerprint density at radius 2 is 1.67 bits per heavy atom. The van der Waals surface area contributed by atoms with Crippen molar-refractivity contribution in [1.29, 1.82) is 0 Å². The Balaban J connectivity index is 1.73. The maximum atomic E-state index is 13.1. The number of aliphatic hydroxyl groups excluding tert-OH is 2. The van der Waals surface area contributed by atoms with Gasteiger partial charge in [0.2, 0.25) is 0 Å². The molecular weight excluding hydrogens is 304 g/mol. The second kappa shape index (κ2) is 5.14. The summed E-state index contributed by atoms with van der Waals surface area (Å²) >= 11 is 0. The second-order valence-electron chi connectivity index (χ2n) is 9.42. The summed E-state index contributed by atoms with van der Waals surface area (Å²) < 4.78 is 0. The minimum atomic E-state index is -1.25. The molecule has 4 fully saturated rings. The summed E-state index contributed by atoms with van der Waals surface area (Å²) in [6.45, 7) is 6.17. The van der Waals surface area contributed by atoms with Crippen LogP contribution in [0.15, 0.2) is 0 Å². The Hall–Kier alpha value is -0.740. The lowest BCUT2D eigenvalue weighted by Crippen LogP contribution is -2.64. The maximum absolute atomic E-state index is 13.1. The normalized spacial score (nSPS) is 57.3. The van der Waals surface area contributed by atoms with E-state index in [0.717, 1.165) is 32.1 Å². The molecule has 9 unspecified atom stereocenters. The van der Waals surface area contributed by atoms with Crippen molar-refractivity contribution in [3.63, 3.8) is 0 Å². The molecule has 4 nitrogen and oxygen atoms in total. The monoisotopic (exact) mass is 334 g/mol. The number of rotatable bonds is 0. The minimum absolute atomic E-state index is 0.0535. The van der Waals surface area contributed by atoms with E-state index in [4.69, 9.17) is 0 Å². The van der Waals surface area contributed by atoms with Crippen molar-refractivity contribution in [2.45, 2.75) is 71.5 Å². The second-order valence-corrected chi connectivity index (χ2v) is 9.42. The van der Waals surface area contributed by atoms with Gasteiger partial charge in [0, 0.05) is 17.3 Å². The first-order valence-corrected chi connectivity index (χ1v) is 9.66. The van der Waals surface area contributed by atoms with Crippen molar-refractivity contribution in [3.8, 4) is 0 Å². The first-order valence-electron chi connectivity index (χ1n) is 9.66. The van der Waals surface area contributed by atoms with Crippen LogP contribution in [0.5, 0.6) is 0 Å². The Morgan fingerprint density at radius 3 is 2.38 bits per heavy atom. The Kier molecular flexibility index (Phi) is 3.58. The Labute approximate surface area is 144 Å². The molecule has 134 valence electrons. The molecule has 0 bridgehead atoms. The molecule has 24 heavy (non-hydrogen) atoms. The van der Waals surface area contributed by atoms with Crippen molar-refractivity contribution < 1.29 is 19.8 Å². The summed E-state index contributed by atoms with van der Waals surface area (Å²) in [5, 5.41) is 20.6. The third-order valence-corrected chi connectivity index (χ3v) is 8.79. The van der Waals surface area contributed by atoms with Crippen LogP contribution in [0.4, 0.5) is 0 Å². The van der Waals surface area contributed by atoms with Crippen LogP contribution in [0.25, 0.3) is 0 Å². The van der Waals surface area contributed by atoms with Gasteiger partial charge in [-0.1, -0.05) is 20.8 Å². The van der Waals surface area contributed by atoms with E-state index < -0.39 is 17.6 Å². The molecular formula is C20H30O4. The summed E-state index contributed by atoms with van der Waals surface area (Å²) in [7, 11) is 0. The van der Waals surface area contributed by atoms with E-state index in [1.165, 1.54) is 0 Å². The van der Waals surface area contributed by atoms with E-state index in [1.807, 2.05) is 13.8 Å². The lowest BCUT2D eigenvalue weighted by Gasteiger charge is -2.61. The average molecular weight is 334 g/mol. The fourth-order valence-electron chi connectivity index (χ4n) is 7.33. The van der Waals surface area contributed by atoms with Crippen molar-refractivity contribution in [2.24, 2.45) is 40.4 Å². The van der Waals surface area contributed by atoms with Crippen LogP contribution in [0.1, 0.15) is 59.3 Å². The summed E-state index contributed by atoms with van der Waals surface area (Å²) in [6.07, 6.45) is 3.22. The number of carbonyl (C=O) groups excluding carboxylic acids is 2. The fourth-order valence-corrected chi connectivity index (χ4v) is 7.33. The van der Waals surface area contributed by atoms with Crippen molar-refractivity contribution in [1.82, 2.24) is 0 Å². The molecule has 4 saturated carbocycles. The van der Waals surface area contributed by atoms with Gasteiger partial charge in [0.1, 0.15) is 11.9 Å². The van der Waals surface area contributed by atoms with E-state index in [1.54, 1.807) is 0 Å². The van der Waals surface area contributed by atoms with Gasteiger partial charge in [-0.2, -0.15) is 0 Å². The van der Waals surface area contributed by atoms with Gasteiger partial charge in [-0.3, -0.25) is 9.59 Å². The number of ketones is 2. The third kappa shape index (κ3) is 1.82. The first kappa shape index (κ1) is 16.7. The van der Waals surface area contributed by atoms with Crippen molar-refractivity contribution in [2.75, 3.05) is 0 Å². The van der Waals surface area contributed by atoms with Gasteiger partial charge in [-0.05, 0) is 61.7 Å². The molecule has 2 N–H and O–H groups in total. The first-order chi connectivity index (χ1) is 11.2. The zero-order valence-corrected chi connectivity index (χ0v) is 15.0. The number of hydrogen-bond donors (Lipinski definition) is 2. The molecule has 0 aliphatic heterocycles. The van der Waals surface area contributed by atoms with Crippen LogP contribution < -0.4 is 0 Å². The molecule has 0 aromatic carbocycles. The zero-order chi connectivity index (χ0) is 17.4. The number of fused-ring (bicyclic) bond motifs is 5. The van der Waals surface area contributed by atoms with Gasteiger partial charge in [0.25, 0.3) is 0 Å². The van der Waals surface area contributed by atoms with Crippen LogP contribution in [0.2, 0.25) is 0 Å². The highest BCUT2D eigenvalue weighted by molar-refractivity contribution is 5.91. The molecule has 9 atom stereocenters. The third-order valence-electron chi connectivity index (χ3n) is 8.79. The van der Waals surface area contributed by atoms with E-state index >= 15 is 0 Å². The van der Waals surface area contributed by atoms with E-state index in [-0.39, 0.29) is 29.0 Å². The fraction of sp³-hybridized carbons (Fsp3) is 0.900. The largest absolute Gasteiger partial charge is 0.390 e. The van der Waals surface area contributed by atoms with Crippen LogP contribution in [-0.2, 0) is 9.59 Å². The van der Waals surface area contributed by atoms with Gasteiger partial charge in [-0.25, -0.2) is 0 Å². The van der Waals surface area contributed by atoms with Gasteiger partial charge in [0.15, 0.2) is 5.78 Å². The van der Waals surface area contributed by atoms with Crippen LogP contribution >= 0.6 is 0 Å². The maximum Gasteiger partial charge on any atom is 0.170 e.